The average molecular weight is 389 g/mol. The van der Waals surface area contributed by atoms with Crippen molar-refractivity contribution < 1.29 is 14.6 Å². The molecule has 0 spiro atoms. The zero-order valence-corrected chi connectivity index (χ0v) is 16.8. The van der Waals surface area contributed by atoms with Crippen molar-refractivity contribution in [2.24, 2.45) is 0 Å². The van der Waals surface area contributed by atoms with Crippen molar-refractivity contribution in [2.75, 3.05) is 44.2 Å². The summed E-state index contributed by atoms with van der Waals surface area (Å²) >= 11 is 1.53. The van der Waals surface area contributed by atoms with Gasteiger partial charge in [-0.1, -0.05) is 32.0 Å². The fraction of sp³-hybridized carbons (Fsp3) is 0.476. The van der Waals surface area contributed by atoms with E-state index in [1.54, 1.807) is 0 Å². The highest BCUT2D eigenvalue weighted by atomic mass is 32.1. The van der Waals surface area contributed by atoms with E-state index in [0.29, 0.717) is 19.1 Å². The molecule has 0 bridgehead atoms. The minimum absolute atomic E-state index is 0.303. The minimum atomic E-state index is -0.514. The number of thiophene rings is 1. The quantitative estimate of drug-likeness (QED) is 0.704. The molecule has 1 saturated heterocycles. The fourth-order valence-corrected chi connectivity index (χ4v) is 4.23. The smallest absolute Gasteiger partial charge is 0.160 e. The monoisotopic (exact) mass is 388 g/mol. The summed E-state index contributed by atoms with van der Waals surface area (Å²) < 4.78 is 5.89. The van der Waals surface area contributed by atoms with Crippen LogP contribution in [0.5, 0.6) is 5.75 Å². The van der Waals surface area contributed by atoms with Crippen LogP contribution in [-0.2, 0) is 0 Å². The summed E-state index contributed by atoms with van der Waals surface area (Å²) in [7, 11) is 0. The number of aliphatic hydroxyl groups is 1. The first kappa shape index (κ1) is 19.9. The highest BCUT2D eigenvalue weighted by molar-refractivity contribution is 7.17. The number of para-hydroxylation sites is 1. The van der Waals surface area contributed by atoms with Gasteiger partial charge in [-0.15, -0.1) is 11.3 Å². The van der Waals surface area contributed by atoms with Gasteiger partial charge in [0.25, 0.3) is 0 Å². The highest BCUT2D eigenvalue weighted by Gasteiger charge is 2.21. The topological polar surface area (TPSA) is 53.0 Å². The van der Waals surface area contributed by atoms with Crippen molar-refractivity contribution in [1.29, 1.82) is 0 Å². The van der Waals surface area contributed by atoms with E-state index >= 15 is 0 Å². The SMILES string of the molecule is CC(C)c1ccccc1OC[C@H](O)CN1CCN(c2ccc(C=O)s2)CC1. The van der Waals surface area contributed by atoms with E-state index in [1.807, 2.05) is 30.3 Å². The molecule has 1 atom stereocenters. The van der Waals surface area contributed by atoms with E-state index in [-0.39, 0.29) is 0 Å². The summed E-state index contributed by atoms with van der Waals surface area (Å²) in [4.78, 5) is 16.2. The molecular formula is C21H28N2O3S. The van der Waals surface area contributed by atoms with Crippen LogP contribution in [0.25, 0.3) is 0 Å². The lowest BCUT2D eigenvalue weighted by atomic mass is 10.0. The lowest BCUT2D eigenvalue weighted by Crippen LogP contribution is -2.49. The van der Waals surface area contributed by atoms with Gasteiger partial charge in [0.2, 0.25) is 0 Å². The van der Waals surface area contributed by atoms with Crippen molar-refractivity contribution in [3.8, 4) is 5.75 Å². The van der Waals surface area contributed by atoms with E-state index in [2.05, 4.69) is 29.7 Å². The van der Waals surface area contributed by atoms with Crippen LogP contribution >= 0.6 is 11.3 Å². The van der Waals surface area contributed by atoms with Crippen LogP contribution < -0.4 is 9.64 Å². The Labute approximate surface area is 165 Å². The first-order chi connectivity index (χ1) is 13.1. The molecule has 2 heterocycles. The Balaban J connectivity index is 1.44. The van der Waals surface area contributed by atoms with Gasteiger partial charge in [-0.05, 0) is 29.7 Å². The van der Waals surface area contributed by atoms with Crippen LogP contribution in [0.15, 0.2) is 36.4 Å². The molecule has 1 aliphatic heterocycles. The molecule has 146 valence electrons. The molecule has 1 aromatic heterocycles. The van der Waals surface area contributed by atoms with Gasteiger partial charge >= 0.3 is 0 Å². The highest BCUT2D eigenvalue weighted by Crippen LogP contribution is 2.27. The number of aldehydes is 1. The molecule has 2 aromatic rings. The van der Waals surface area contributed by atoms with E-state index in [0.717, 1.165) is 48.1 Å². The molecule has 0 unspecified atom stereocenters. The number of anilines is 1. The van der Waals surface area contributed by atoms with Gasteiger partial charge in [0.1, 0.15) is 18.5 Å². The Kier molecular flexibility index (Phi) is 6.88. The number of ether oxygens (including phenoxy) is 1. The Morgan fingerprint density at radius 2 is 1.89 bits per heavy atom. The maximum atomic E-state index is 10.8. The number of benzene rings is 1. The molecule has 1 aromatic carbocycles. The number of nitrogens with zero attached hydrogens (tertiary/aromatic N) is 2. The van der Waals surface area contributed by atoms with E-state index in [9.17, 15) is 9.90 Å². The predicted octanol–water partition coefficient (Wildman–Crippen LogP) is 3.25. The molecule has 1 fully saturated rings. The number of aliphatic hydroxyl groups excluding tert-OH is 1. The van der Waals surface area contributed by atoms with E-state index in [1.165, 1.54) is 16.9 Å². The number of carbonyl (C=O) groups excluding carboxylic acids is 1. The van der Waals surface area contributed by atoms with E-state index < -0.39 is 6.10 Å². The summed E-state index contributed by atoms with van der Waals surface area (Å²) in [5, 5.41) is 11.5. The minimum Gasteiger partial charge on any atom is -0.491 e. The summed E-state index contributed by atoms with van der Waals surface area (Å²) in [6, 6.07) is 11.9. The normalized spacial score (nSPS) is 16.5. The molecule has 0 saturated carbocycles. The van der Waals surface area contributed by atoms with Crippen LogP contribution in [0.3, 0.4) is 0 Å². The standard InChI is InChI=1S/C21H28N2O3S/c1-16(2)19-5-3-4-6-20(19)26-15-17(25)13-22-9-11-23(12-10-22)21-8-7-18(14-24)27-21/h3-8,14,16-17,25H,9-13,15H2,1-2H3/t17-/m1/s1. The Hall–Kier alpha value is -1.89. The van der Waals surface area contributed by atoms with Crippen molar-refractivity contribution in [3.63, 3.8) is 0 Å². The molecular weight excluding hydrogens is 360 g/mol. The number of β-amino-alcohol motifs (C(OH)–C–C–N with tert-alkyl or cyclic N) is 1. The average Bonchev–Trinajstić information content (AvgIpc) is 3.16. The molecule has 1 aliphatic rings. The second-order valence-electron chi connectivity index (χ2n) is 7.24. The maximum absolute atomic E-state index is 10.8. The van der Waals surface area contributed by atoms with Gasteiger partial charge in [0, 0.05) is 32.7 Å². The molecule has 5 nitrogen and oxygen atoms in total. The number of rotatable bonds is 8. The zero-order chi connectivity index (χ0) is 19.2. The largest absolute Gasteiger partial charge is 0.491 e. The lowest BCUT2D eigenvalue weighted by molar-refractivity contribution is 0.0659. The van der Waals surface area contributed by atoms with Crippen molar-refractivity contribution >= 4 is 22.6 Å². The number of hydrogen-bond donors (Lipinski definition) is 1. The van der Waals surface area contributed by atoms with Gasteiger partial charge < -0.3 is 14.7 Å². The second-order valence-corrected chi connectivity index (χ2v) is 8.33. The molecule has 0 radical (unpaired) electrons. The third-order valence-corrected chi connectivity index (χ3v) is 5.93. The number of hydrogen-bond acceptors (Lipinski definition) is 6. The Bertz CT molecular complexity index is 739. The van der Waals surface area contributed by atoms with E-state index in [4.69, 9.17) is 4.74 Å². The Morgan fingerprint density at radius 1 is 1.15 bits per heavy atom. The van der Waals surface area contributed by atoms with Gasteiger partial charge in [0.15, 0.2) is 6.29 Å². The lowest BCUT2D eigenvalue weighted by Gasteiger charge is -2.36. The Morgan fingerprint density at radius 3 is 2.56 bits per heavy atom. The molecule has 3 rings (SSSR count). The number of piperazine rings is 1. The second kappa shape index (κ2) is 9.35. The predicted molar refractivity (Wildman–Crippen MR) is 110 cm³/mol. The van der Waals surface area contributed by atoms with Gasteiger partial charge in [0.05, 0.1) is 9.88 Å². The zero-order valence-electron chi connectivity index (χ0n) is 16.0. The molecule has 1 N–H and O–H groups in total. The fourth-order valence-electron chi connectivity index (χ4n) is 3.35. The number of carbonyl (C=O) groups is 1. The van der Waals surface area contributed by atoms with Crippen molar-refractivity contribution in [3.05, 3.63) is 46.8 Å². The molecule has 27 heavy (non-hydrogen) atoms. The maximum Gasteiger partial charge on any atom is 0.160 e. The van der Waals surface area contributed by atoms with Crippen molar-refractivity contribution in [1.82, 2.24) is 4.90 Å². The van der Waals surface area contributed by atoms with Gasteiger partial charge in [-0.25, -0.2) is 0 Å². The van der Waals surface area contributed by atoms with Crippen LogP contribution in [0.4, 0.5) is 5.00 Å². The van der Waals surface area contributed by atoms with Crippen LogP contribution in [0, 0.1) is 0 Å². The summed E-state index contributed by atoms with van der Waals surface area (Å²) in [6.45, 7) is 8.81. The first-order valence-corrected chi connectivity index (χ1v) is 10.3. The third-order valence-electron chi connectivity index (χ3n) is 4.85. The molecule has 0 amide bonds. The summed E-state index contributed by atoms with van der Waals surface area (Å²) in [6.07, 6.45) is 0.387. The van der Waals surface area contributed by atoms with Gasteiger partial charge in [-0.2, -0.15) is 0 Å². The van der Waals surface area contributed by atoms with Crippen LogP contribution in [-0.4, -0.2) is 61.7 Å². The third kappa shape index (κ3) is 5.31. The van der Waals surface area contributed by atoms with Gasteiger partial charge in [-0.3, -0.25) is 9.69 Å². The molecule has 6 heteroatoms. The summed E-state index contributed by atoms with van der Waals surface area (Å²) in [5.41, 5.74) is 1.17. The van der Waals surface area contributed by atoms with Crippen LogP contribution in [0.1, 0.15) is 35.0 Å². The molecule has 0 aliphatic carbocycles. The first-order valence-electron chi connectivity index (χ1n) is 9.49. The van der Waals surface area contributed by atoms with Crippen molar-refractivity contribution in [2.45, 2.75) is 25.9 Å². The summed E-state index contributed by atoms with van der Waals surface area (Å²) in [5.74, 6) is 1.25. The van der Waals surface area contributed by atoms with Crippen LogP contribution in [0.2, 0.25) is 0 Å².